The van der Waals surface area contributed by atoms with Gasteiger partial charge >= 0.3 is 0 Å². The van der Waals surface area contributed by atoms with Crippen molar-refractivity contribution in [2.75, 3.05) is 6.54 Å². The number of amides is 2. The number of carbonyl (C=O) groups is 2. The molecule has 1 N–H and O–H groups in total. The van der Waals surface area contributed by atoms with E-state index in [2.05, 4.69) is 11.4 Å². The molecule has 0 aromatic rings. The van der Waals surface area contributed by atoms with Crippen molar-refractivity contribution in [3.8, 4) is 0 Å². The van der Waals surface area contributed by atoms with Gasteiger partial charge in [-0.15, -0.1) is 0 Å². The van der Waals surface area contributed by atoms with E-state index < -0.39 is 11.1 Å². The third-order valence-corrected chi connectivity index (χ3v) is 5.53. The zero-order chi connectivity index (χ0) is 15.4. The van der Waals surface area contributed by atoms with Gasteiger partial charge in [0, 0.05) is 6.54 Å². The lowest BCUT2D eigenvalue weighted by molar-refractivity contribution is -0.163. The molecule has 4 heteroatoms. The van der Waals surface area contributed by atoms with Gasteiger partial charge in [-0.05, 0) is 65.2 Å². The Morgan fingerprint density at radius 2 is 1.76 bits per heavy atom. The smallest absolute Gasteiger partial charge is 0.249 e. The molecule has 0 radical (unpaired) electrons. The molecule has 1 saturated heterocycles. The second-order valence-electron chi connectivity index (χ2n) is 7.55. The van der Waals surface area contributed by atoms with E-state index in [1.165, 1.54) is 5.57 Å². The van der Waals surface area contributed by atoms with Crippen molar-refractivity contribution in [1.82, 2.24) is 10.2 Å². The Labute approximate surface area is 127 Å². The van der Waals surface area contributed by atoms with E-state index in [4.69, 9.17) is 0 Å². The highest BCUT2D eigenvalue weighted by atomic mass is 16.2. The molecule has 2 saturated carbocycles. The Morgan fingerprint density at radius 3 is 2.24 bits per heavy atom. The molecule has 116 valence electrons. The highest BCUT2D eigenvalue weighted by Crippen LogP contribution is 2.49. The van der Waals surface area contributed by atoms with E-state index in [-0.39, 0.29) is 11.8 Å². The van der Waals surface area contributed by atoms with Gasteiger partial charge in [0.15, 0.2) is 0 Å². The van der Waals surface area contributed by atoms with E-state index >= 15 is 0 Å². The molecule has 0 bridgehead atoms. The summed E-state index contributed by atoms with van der Waals surface area (Å²) in [4.78, 5) is 27.8. The van der Waals surface area contributed by atoms with Crippen LogP contribution in [0, 0.1) is 11.8 Å². The van der Waals surface area contributed by atoms with Crippen LogP contribution in [-0.4, -0.2) is 34.3 Å². The Kier molecular flexibility index (Phi) is 3.19. The summed E-state index contributed by atoms with van der Waals surface area (Å²) in [5.74, 6) is 0.778. The van der Waals surface area contributed by atoms with Crippen LogP contribution in [0.3, 0.4) is 0 Å². The number of hydrogen-bond acceptors (Lipinski definition) is 2. The summed E-state index contributed by atoms with van der Waals surface area (Å²) >= 11 is 0. The first-order valence-corrected chi connectivity index (χ1v) is 8.08. The first-order valence-electron chi connectivity index (χ1n) is 8.08. The minimum atomic E-state index is -0.693. The number of piperazine rings is 1. The molecule has 0 aromatic heterocycles. The Hall–Kier alpha value is -1.32. The molecule has 2 unspecified atom stereocenters. The molecular formula is C17H26N2O2. The van der Waals surface area contributed by atoms with Gasteiger partial charge in [0.1, 0.15) is 11.1 Å². The molecule has 1 heterocycles. The highest BCUT2D eigenvalue weighted by molar-refractivity contribution is 6.02. The highest BCUT2D eigenvalue weighted by Gasteiger charge is 2.62. The molecule has 1 aliphatic heterocycles. The quantitative estimate of drug-likeness (QED) is 0.807. The van der Waals surface area contributed by atoms with E-state index in [9.17, 15) is 9.59 Å². The predicted molar refractivity (Wildman–Crippen MR) is 81.5 cm³/mol. The first kappa shape index (κ1) is 14.6. The van der Waals surface area contributed by atoms with Crippen LogP contribution in [0.4, 0.5) is 0 Å². The molecule has 3 aliphatic rings. The third kappa shape index (κ3) is 2.19. The predicted octanol–water partition coefficient (Wildman–Crippen LogP) is 2.25. The average Bonchev–Trinajstić information content (AvgIpc) is 3.28. The zero-order valence-electron chi connectivity index (χ0n) is 13.5. The van der Waals surface area contributed by atoms with E-state index in [0.29, 0.717) is 18.4 Å². The second-order valence-corrected chi connectivity index (χ2v) is 7.55. The second kappa shape index (κ2) is 4.59. The molecule has 0 aromatic carbocycles. The lowest BCUT2D eigenvalue weighted by Gasteiger charge is -2.50. The molecule has 3 fully saturated rings. The minimum absolute atomic E-state index is 0.0427. The monoisotopic (exact) mass is 290 g/mol. The Morgan fingerprint density at radius 1 is 1.19 bits per heavy atom. The van der Waals surface area contributed by atoms with Gasteiger partial charge in [0.2, 0.25) is 11.8 Å². The van der Waals surface area contributed by atoms with Crippen LogP contribution in [0.2, 0.25) is 0 Å². The molecule has 4 nitrogen and oxygen atoms in total. The van der Waals surface area contributed by atoms with E-state index in [0.717, 1.165) is 25.7 Å². The van der Waals surface area contributed by atoms with Gasteiger partial charge in [-0.3, -0.25) is 9.59 Å². The summed E-state index contributed by atoms with van der Waals surface area (Å²) in [7, 11) is 0. The van der Waals surface area contributed by atoms with Crippen molar-refractivity contribution < 1.29 is 9.59 Å². The van der Waals surface area contributed by atoms with Crippen molar-refractivity contribution >= 4 is 11.8 Å². The summed E-state index contributed by atoms with van der Waals surface area (Å²) < 4.78 is 0. The number of carbonyl (C=O) groups excluding carboxylic acids is 2. The maximum absolute atomic E-state index is 13.1. The van der Waals surface area contributed by atoms with Crippen LogP contribution in [0.1, 0.15) is 53.4 Å². The first-order chi connectivity index (χ1) is 9.80. The molecule has 2 aliphatic carbocycles. The van der Waals surface area contributed by atoms with E-state index in [1.54, 1.807) is 0 Å². The fraction of sp³-hybridized carbons (Fsp3) is 0.765. The SMILES string of the molecule is CC(C)=CCN1C(=O)C(C)(C2CC2)NC(=O)C1(C)C1CC1. The average molecular weight is 290 g/mol. The summed E-state index contributed by atoms with van der Waals surface area (Å²) in [6.45, 7) is 8.46. The lowest BCUT2D eigenvalue weighted by Crippen LogP contribution is -2.75. The van der Waals surface area contributed by atoms with Gasteiger partial charge in [-0.2, -0.15) is 0 Å². The molecule has 21 heavy (non-hydrogen) atoms. The van der Waals surface area contributed by atoms with Crippen molar-refractivity contribution in [2.24, 2.45) is 11.8 Å². The molecular weight excluding hydrogens is 264 g/mol. The van der Waals surface area contributed by atoms with Crippen LogP contribution in [-0.2, 0) is 9.59 Å². The fourth-order valence-corrected chi connectivity index (χ4v) is 3.56. The molecule has 3 rings (SSSR count). The standard InChI is InChI=1S/C17H26N2O2/c1-11(2)9-10-19-15(21)16(3,12-5-6-12)18-14(20)17(19,4)13-7-8-13/h9,12-13H,5-8,10H2,1-4H3,(H,18,20). The maximum Gasteiger partial charge on any atom is 0.249 e. The normalized spacial score (nSPS) is 36.5. The fourth-order valence-electron chi connectivity index (χ4n) is 3.56. The van der Waals surface area contributed by atoms with Crippen LogP contribution >= 0.6 is 0 Å². The van der Waals surface area contributed by atoms with Crippen LogP contribution < -0.4 is 5.32 Å². The van der Waals surface area contributed by atoms with Crippen molar-refractivity contribution in [3.63, 3.8) is 0 Å². The van der Waals surface area contributed by atoms with Gasteiger partial charge < -0.3 is 10.2 Å². The van der Waals surface area contributed by atoms with Gasteiger partial charge in [0.25, 0.3) is 0 Å². The maximum atomic E-state index is 13.1. The van der Waals surface area contributed by atoms with Gasteiger partial charge in [-0.1, -0.05) is 11.6 Å². The third-order valence-electron chi connectivity index (χ3n) is 5.53. The summed E-state index contributed by atoms with van der Waals surface area (Å²) in [5.41, 5.74) is -0.182. The summed E-state index contributed by atoms with van der Waals surface area (Å²) in [6, 6.07) is 0. The van der Waals surface area contributed by atoms with Gasteiger partial charge in [-0.25, -0.2) is 0 Å². The van der Waals surface area contributed by atoms with Crippen molar-refractivity contribution in [3.05, 3.63) is 11.6 Å². The topological polar surface area (TPSA) is 49.4 Å². The minimum Gasteiger partial charge on any atom is -0.340 e. The number of nitrogens with zero attached hydrogens (tertiary/aromatic N) is 1. The van der Waals surface area contributed by atoms with Crippen LogP contribution in [0.5, 0.6) is 0 Å². The molecule has 0 spiro atoms. The lowest BCUT2D eigenvalue weighted by atomic mass is 9.81. The molecule has 2 atom stereocenters. The van der Waals surface area contributed by atoms with Gasteiger partial charge in [0.05, 0.1) is 0 Å². The number of rotatable bonds is 4. The number of nitrogens with one attached hydrogen (secondary N) is 1. The van der Waals surface area contributed by atoms with Crippen LogP contribution in [0.25, 0.3) is 0 Å². The van der Waals surface area contributed by atoms with Crippen LogP contribution in [0.15, 0.2) is 11.6 Å². The Bertz CT molecular complexity index is 515. The summed E-state index contributed by atoms with van der Waals surface area (Å²) in [6.07, 6.45) is 6.23. The number of allylic oxidation sites excluding steroid dienone is 1. The number of hydrogen-bond donors (Lipinski definition) is 1. The Balaban J connectivity index is 1.96. The van der Waals surface area contributed by atoms with Crippen molar-refractivity contribution in [1.29, 1.82) is 0 Å². The molecule has 2 amide bonds. The largest absolute Gasteiger partial charge is 0.340 e. The van der Waals surface area contributed by atoms with Crippen molar-refractivity contribution in [2.45, 2.75) is 64.5 Å². The summed E-state index contributed by atoms with van der Waals surface area (Å²) in [5, 5.41) is 3.08. The van der Waals surface area contributed by atoms with E-state index in [1.807, 2.05) is 32.6 Å². The zero-order valence-corrected chi connectivity index (χ0v) is 13.5.